The first-order valence-electron chi connectivity index (χ1n) is 7.23. The van der Waals surface area contributed by atoms with Gasteiger partial charge in [-0.1, -0.05) is 20.8 Å². The first-order valence-corrected chi connectivity index (χ1v) is 7.23. The summed E-state index contributed by atoms with van der Waals surface area (Å²) in [5, 5.41) is 5.55. The van der Waals surface area contributed by atoms with Gasteiger partial charge in [-0.05, 0) is 31.2 Å². The van der Waals surface area contributed by atoms with Crippen molar-refractivity contribution in [2.75, 3.05) is 19.6 Å². The third-order valence-corrected chi connectivity index (χ3v) is 2.86. The van der Waals surface area contributed by atoms with E-state index < -0.39 is 0 Å². The van der Waals surface area contributed by atoms with E-state index in [0.717, 1.165) is 12.8 Å². The summed E-state index contributed by atoms with van der Waals surface area (Å²) in [6.45, 7) is 7.87. The number of carbonyl (C=O) groups excluding carboxylic acids is 2. The lowest BCUT2D eigenvalue weighted by Crippen LogP contribution is -2.33. The van der Waals surface area contributed by atoms with Gasteiger partial charge in [0.25, 0.3) is 0 Å². The minimum atomic E-state index is -0.0145. The maximum Gasteiger partial charge on any atom is 0.221 e. The Kier molecular flexibility index (Phi) is 10.2. The second-order valence-corrected chi connectivity index (χ2v) is 5.39. The molecule has 0 radical (unpaired) electrons. The molecular weight excluding hydrogens is 242 g/mol. The Morgan fingerprint density at radius 1 is 1.11 bits per heavy atom. The lowest BCUT2D eigenvalue weighted by Gasteiger charge is -2.16. The van der Waals surface area contributed by atoms with Gasteiger partial charge in [0.15, 0.2) is 0 Å². The van der Waals surface area contributed by atoms with E-state index in [1.54, 1.807) is 0 Å². The van der Waals surface area contributed by atoms with Crippen LogP contribution in [-0.4, -0.2) is 31.4 Å². The van der Waals surface area contributed by atoms with E-state index in [0.29, 0.717) is 38.4 Å². The molecule has 0 fully saturated rings. The second kappa shape index (κ2) is 10.8. The molecule has 112 valence electrons. The van der Waals surface area contributed by atoms with E-state index in [1.807, 2.05) is 6.92 Å². The zero-order chi connectivity index (χ0) is 14.7. The summed E-state index contributed by atoms with van der Waals surface area (Å²) in [5.41, 5.74) is 5.66. The van der Waals surface area contributed by atoms with Gasteiger partial charge in [-0.25, -0.2) is 0 Å². The number of nitrogens with two attached hydrogens (primary N) is 1. The van der Waals surface area contributed by atoms with E-state index in [9.17, 15) is 9.59 Å². The molecule has 0 heterocycles. The molecule has 4 N–H and O–H groups in total. The van der Waals surface area contributed by atoms with Crippen molar-refractivity contribution in [1.82, 2.24) is 10.6 Å². The van der Waals surface area contributed by atoms with E-state index in [1.165, 1.54) is 0 Å². The van der Waals surface area contributed by atoms with Crippen molar-refractivity contribution >= 4 is 11.8 Å². The molecule has 0 saturated heterocycles. The van der Waals surface area contributed by atoms with Crippen LogP contribution in [0.15, 0.2) is 0 Å². The molecule has 0 bridgehead atoms. The van der Waals surface area contributed by atoms with E-state index in [2.05, 4.69) is 24.5 Å². The summed E-state index contributed by atoms with van der Waals surface area (Å²) in [6, 6.07) is 0. The first kappa shape index (κ1) is 17.9. The number of carbonyl (C=O) groups is 2. The highest BCUT2D eigenvalue weighted by atomic mass is 16.2. The number of amides is 2. The molecule has 0 rings (SSSR count). The van der Waals surface area contributed by atoms with Crippen LogP contribution in [0.25, 0.3) is 0 Å². The van der Waals surface area contributed by atoms with Crippen molar-refractivity contribution in [3.8, 4) is 0 Å². The number of rotatable bonds is 10. The van der Waals surface area contributed by atoms with Crippen LogP contribution in [0, 0.1) is 11.8 Å². The van der Waals surface area contributed by atoms with Crippen LogP contribution in [-0.2, 0) is 9.59 Å². The summed E-state index contributed by atoms with van der Waals surface area (Å²) in [5.74, 6) is 0.745. The third-order valence-electron chi connectivity index (χ3n) is 2.86. The van der Waals surface area contributed by atoms with Gasteiger partial charge in [-0.3, -0.25) is 9.59 Å². The zero-order valence-electron chi connectivity index (χ0n) is 12.5. The van der Waals surface area contributed by atoms with Gasteiger partial charge in [0, 0.05) is 25.9 Å². The maximum absolute atomic E-state index is 11.7. The fourth-order valence-corrected chi connectivity index (χ4v) is 1.93. The van der Waals surface area contributed by atoms with E-state index in [-0.39, 0.29) is 17.7 Å². The smallest absolute Gasteiger partial charge is 0.221 e. The van der Waals surface area contributed by atoms with Gasteiger partial charge >= 0.3 is 0 Å². The molecule has 1 atom stereocenters. The third kappa shape index (κ3) is 10.5. The standard InChI is InChI=1S/C14H29N3O2/c1-4-6-16-13(18)5-7-17-14(19)9-12(10-15)8-11(2)3/h11-12H,4-10,15H2,1-3H3,(H,16,18)(H,17,19). The second-order valence-electron chi connectivity index (χ2n) is 5.39. The van der Waals surface area contributed by atoms with E-state index in [4.69, 9.17) is 5.73 Å². The lowest BCUT2D eigenvalue weighted by atomic mass is 9.94. The van der Waals surface area contributed by atoms with Crippen LogP contribution in [0.1, 0.15) is 46.5 Å². The Labute approximate surface area is 116 Å². The molecule has 0 aliphatic carbocycles. The Balaban J connectivity index is 3.76. The molecule has 19 heavy (non-hydrogen) atoms. The first-order chi connectivity index (χ1) is 8.99. The highest BCUT2D eigenvalue weighted by molar-refractivity contribution is 5.79. The summed E-state index contributed by atoms with van der Waals surface area (Å²) in [7, 11) is 0. The molecule has 0 spiro atoms. The molecule has 5 nitrogen and oxygen atoms in total. The Bertz CT molecular complexity index is 267. The Morgan fingerprint density at radius 3 is 2.26 bits per heavy atom. The van der Waals surface area contributed by atoms with Crippen molar-refractivity contribution in [3.05, 3.63) is 0 Å². The molecule has 0 aliphatic rings. The number of hydrogen-bond acceptors (Lipinski definition) is 3. The van der Waals surface area contributed by atoms with Gasteiger partial charge in [0.05, 0.1) is 0 Å². The molecule has 0 saturated carbocycles. The highest BCUT2D eigenvalue weighted by Gasteiger charge is 2.13. The van der Waals surface area contributed by atoms with Crippen molar-refractivity contribution in [3.63, 3.8) is 0 Å². The van der Waals surface area contributed by atoms with Gasteiger partial charge in [-0.15, -0.1) is 0 Å². The average Bonchev–Trinajstić information content (AvgIpc) is 2.34. The Hall–Kier alpha value is -1.10. The van der Waals surface area contributed by atoms with Crippen LogP contribution in [0.2, 0.25) is 0 Å². The highest BCUT2D eigenvalue weighted by Crippen LogP contribution is 2.13. The lowest BCUT2D eigenvalue weighted by molar-refractivity contribution is -0.122. The Morgan fingerprint density at radius 2 is 1.74 bits per heavy atom. The van der Waals surface area contributed by atoms with Crippen molar-refractivity contribution in [2.45, 2.75) is 46.5 Å². The number of nitrogens with one attached hydrogen (secondary N) is 2. The quantitative estimate of drug-likeness (QED) is 0.555. The van der Waals surface area contributed by atoms with Gasteiger partial charge in [0.1, 0.15) is 0 Å². The minimum absolute atomic E-state index is 0.0142. The summed E-state index contributed by atoms with van der Waals surface area (Å²) < 4.78 is 0. The molecular formula is C14H29N3O2. The fourth-order valence-electron chi connectivity index (χ4n) is 1.93. The SMILES string of the molecule is CCCNC(=O)CCNC(=O)CC(CN)CC(C)C. The summed E-state index contributed by atoms with van der Waals surface area (Å²) in [4.78, 5) is 23.0. The van der Waals surface area contributed by atoms with Crippen molar-refractivity contribution in [2.24, 2.45) is 17.6 Å². The normalized spacial score (nSPS) is 12.3. The van der Waals surface area contributed by atoms with Crippen molar-refractivity contribution in [1.29, 1.82) is 0 Å². The van der Waals surface area contributed by atoms with Crippen LogP contribution in [0.4, 0.5) is 0 Å². The number of hydrogen-bond donors (Lipinski definition) is 3. The predicted molar refractivity (Wildman–Crippen MR) is 77.5 cm³/mol. The average molecular weight is 271 g/mol. The van der Waals surface area contributed by atoms with Gasteiger partial charge in [0.2, 0.25) is 11.8 Å². The molecule has 5 heteroatoms. The molecule has 2 amide bonds. The topological polar surface area (TPSA) is 84.2 Å². The molecule has 0 aromatic rings. The largest absolute Gasteiger partial charge is 0.356 e. The zero-order valence-corrected chi connectivity index (χ0v) is 12.5. The molecule has 0 aromatic carbocycles. The summed E-state index contributed by atoms with van der Waals surface area (Å²) >= 11 is 0. The van der Waals surface area contributed by atoms with Gasteiger partial charge in [-0.2, -0.15) is 0 Å². The molecule has 1 unspecified atom stereocenters. The van der Waals surface area contributed by atoms with Crippen LogP contribution in [0.5, 0.6) is 0 Å². The van der Waals surface area contributed by atoms with E-state index >= 15 is 0 Å². The summed E-state index contributed by atoms with van der Waals surface area (Å²) in [6.07, 6.45) is 2.67. The van der Waals surface area contributed by atoms with Gasteiger partial charge < -0.3 is 16.4 Å². The van der Waals surface area contributed by atoms with Crippen molar-refractivity contribution < 1.29 is 9.59 Å². The predicted octanol–water partition coefficient (Wildman–Crippen LogP) is 1.03. The van der Waals surface area contributed by atoms with Crippen LogP contribution in [0.3, 0.4) is 0 Å². The van der Waals surface area contributed by atoms with Crippen LogP contribution < -0.4 is 16.4 Å². The molecule has 0 aliphatic heterocycles. The molecule has 0 aromatic heterocycles. The maximum atomic E-state index is 11.7. The monoisotopic (exact) mass is 271 g/mol. The minimum Gasteiger partial charge on any atom is -0.356 e. The van der Waals surface area contributed by atoms with Crippen LogP contribution >= 0.6 is 0 Å². The fraction of sp³-hybridized carbons (Fsp3) is 0.857.